The molecule has 2 rings (SSSR count). The predicted octanol–water partition coefficient (Wildman–Crippen LogP) is 1.91. The van der Waals surface area contributed by atoms with Gasteiger partial charge in [0.2, 0.25) is 0 Å². The summed E-state index contributed by atoms with van der Waals surface area (Å²) in [4.78, 5) is 0. The van der Waals surface area contributed by atoms with E-state index in [2.05, 4.69) is 29.2 Å². The molecule has 5 nitrogen and oxygen atoms in total. The van der Waals surface area contributed by atoms with Gasteiger partial charge < -0.3 is 10.3 Å². The Kier molecular flexibility index (Phi) is 2.85. The van der Waals surface area contributed by atoms with Crippen molar-refractivity contribution in [1.82, 2.24) is 15.4 Å². The Morgan fingerprint density at radius 3 is 2.81 bits per heavy atom. The van der Waals surface area contributed by atoms with Gasteiger partial charge in [0.1, 0.15) is 0 Å². The van der Waals surface area contributed by atoms with Crippen molar-refractivity contribution in [3.8, 4) is 11.3 Å². The topological polar surface area (TPSA) is 77.8 Å². The van der Waals surface area contributed by atoms with Gasteiger partial charge in [0.05, 0.1) is 12.4 Å². The van der Waals surface area contributed by atoms with Crippen molar-refractivity contribution in [3.05, 3.63) is 24.0 Å². The van der Waals surface area contributed by atoms with E-state index in [4.69, 9.17) is 10.3 Å². The van der Waals surface area contributed by atoms with Crippen molar-refractivity contribution < 1.29 is 4.52 Å². The number of hydrogen-bond donors (Lipinski definition) is 1. The van der Waals surface area contributed by atoms with Crippen molar-refractivity contribution in [2.75, 3.05) is 5.73 Å². The molecule has 0 aromatic carbocycles. The minimum absolute atomic E-state index is 0.459. The van der Waals surface area contributed by atoms with Crippen LogP contribution in [0.3, 0.4) is 0 Å². The highest BCUT2D eigenvalue weighted by atomic mass is 16.5. The first-order valence-electron chi connectivity index (χ1n) is 5.19. The molecule has 0 aliphatic rings. The molecular formula is C11H14N4O. The van der Waals surface area contributed by atoms with Crippen molar-refractivity contribution in [2.45, 2.75) is 20.3 Å². The van der Waals surface area contributed by atoms with Crippen molar-refractivity contribution in [2.24, 2.45) is 5.92 Å². The van der Waals surface area contributed by atoms with Crippen LogP contribution in [0.5, 0.6) is 0 Å². The minimum atomic E-state index is 0.459. The molecule has 0 spiro atoms. The van der Waals surface area contributed by atoms with Crippen LogP contribution < -0.4 is 5.73 Å². The van der Waals surface area contributed by atoms with Gasteiger partial charge in [-0.15, -0.1) is 0 Å². The molecule has 0 saturated carbocycles. The molecule has 16 heavy (non-hydrogen) atoms. The average molecular weight is 218 g/mol. The molecule has 0 saturated heterocycles. The highest BCUT2D eigenvalue weighted by Gasteiger charge is 2.16. The summed E-state index contributed by atoms with van der Waals surface area (Å²) in [5.41, 5.74) is 7.59. The van der Waals surface area contributed by atoms with Crippen LogP contribution in [0.4, 0.5) is 5.82 Å². The Labute approximate surface area is 93.7 Å². The second-order valence-corrected chi connectivity index (χ2v) is 4.10. The summed E-state index contributed by atoms with van der Waals surface area (Å²) in [6, 6.07) is 1.83. The fourth-order valence-electron chi connectivity index (χ4n) is 1.58. The van der Waals surface area contributed by atoms with Gasteiger partial charge >= 0.3 is 0 Å². The number of nitrogens with zero attached hydrogens (tertiary/aromatic N) is 3. The largest absolute Gasteiger partial charge is 0.381 e. The van der Waals surface area contributed by atoms with E-state index >= 15 is 0 Å². The van der Waals surface area contributed by atoms with E-state index in [0.717, 1.165) is 17.5 Å². The minimum Gasteiger partial charge on any atom is -0.381 e. The summed E-state index contributed by atoms with van der Waals surface area (Å²) in [6.07, 6.45) is 4.10. The van der Waals surface area contributed by atoms with E-state index in [1.165, 1.54) is 0 Å². The van der Waals surface area contributed by atoms with Gasteiger partial charge in [0.25, 0.3) is 0 Å². The summed E-state index contributed by atoms with van der Waals surface area (Å²) in [5, 5.41) is 11.3. The van der Waals surface area contributed by atoms with Crippen molar-refractivity contribution in [3.63, 3.8) is 0 Å². The molecule has 0 unspecified atom stereocenters. The number of nitrogens with two attached hydrogens (primary N) is 1. The number of anilines is 1. The molecule has 2 heterocycles. The lowest BCUT2D eigenvalue weighted by molar-refractivity contribution is 0.434. The van der Waals surface area contributed by atoms with Crippen LogP contribution in [-0.2, 0) is 6.42 Å². The van der Waals surface area contributed by atoms with E-state index in [1.807, 2.05) is 6.07 Å². The Bertz CT molecular complexity index is 464. The Morgan fingerprint density at radius 1 is 1.38 bits per heavy atom. The third-order valence-corrected chi connectivity index (χ3v) is 2.28. The van der Waals surface area contributed by atoms with Crippen LogP contribution in [0.1, 0.15) is 19.4 Å². The average Bonchev–Trinajstić information content (AvgIpc) is 2.61. The molecule has 0 radical (unpaired) electrons. The van der Waals surface area contributed by atoms with Crippen LogP contribution in [0.25, 0.3) is 11.3 Å². The molecule has 84 valence electrons. The zero-order valence-electron chi connectivity index (χ0n) is 9.34. The van der Waals surface area contributed by atoms with Crippen LogP contribution >= 0.6 is 0 Å². The maximum atomic E-state index is 5.79. The third kappa shape index (κ3) is 2.03. The lowest BCUT2D eigenvalue weighted by Crippen LogP contribution is -1.99. The molecule has 0 aliphatic heterocycles. The number of aromatic nitrogens is 3. The maximum Gasteiger partial charge on any atom is 0.173 e. The monoisotopic (exact) mass is 218 g/mol. The Morgan fingerprint density at radius 2 is 2.19 bits per heavy atom. The van der Waals surface area contributed by atoms with Crippen LogP contribution in [-0.4, -0.2) is 15.4 Å². The lowest BCUT2D eigenvalue weighted by Gasteiger charge is -2.04. The van der Waals surface area contributed by atoms with Gasteiger partial charge in [0, 0.05) is 11.1 Å². The van der Waals surface area contributed by atoms with Gasteiger partial charge in [-0.3, -0.25) is 0 Å². The van der Waals surface area contributed by atoms with Crippen LogP contribution in [0.15, 0.2) is 23.0 Å². The molecule has 5 heteroatoms. The summed E-state index contributed by atoms with van der Waals surface area (Å²) in [6.45, 7) is 4.25. The summed E-state index contributed by atoms with van der Waals surface area (Å²) in [7, 11) is 0. The fraction of sp³-hybridized carbons (Fsp3) is 0.364. The zero-order chi connectivity index (χ0) is 11.5. The number of hydrogen-bond acceptors (Lipinski definition) is 5. The quantitative estimate of drug-likeness (QED) is 0.851. The number of rotatable bonds is 3. The lowest BCUT2D eigenvalue weighted by atomic mass is 10.0. The highest BCUT2D eigenvalue weighted by molar-refractivity contribution is 5.64. The predicted molar refractivity (Wildman–Crippen MR) is 60.5 cm³/mol. The Hall–Kier alpha value is -1.91. The second-order valence-electron chi connectivity index (χ2n) is 4.10. The number of nitrogen functional groups attached to an aromatic ring is 1. The third-order valence-electron chi connectivity index (χ3n) is 2.28. The maximum absolute atomic E-state index is 5.79. The van der Waals surface area contributed by atoms with Gasteiger partial charge in [-0.25, -0.2) is 0 Å². The first kappa shape index (κ1) is 10.6. The Balaban J connectivity index is 2.42. The standard InChI is InChI=1S/C11H14N4O/c1-7(2)5-9-10(16-15-11(9)12)8-3-4-13-14-6-8/h3-4,6-7H,5H2,1-2H3,(H2,12,15). The molecular weight excluding hydrogens is 204 g/mol. The van der Waals surface area contributed by atoms with Crippen molar-refractivity contribution >= 4 is 5.82 Å². The highest BCUT2D eigenvalue weighted by Crippen LogP contribution is 2.28. The second kappa shape index (κ2) is 4.30. The molecule has 2 aromatic rings. The van der Waals surface area contributed by atoms with Gasteiger partial charge in [0.15, 0.2) is 11.6 Å². The summed E-state index contributed by atoms with van der Waals surface area (Å²) < 4.78 is 5.24. The fourth-order valence-corrected chi connectivity index (χ4v) is 1.58. The van der Waals surface area contributed by atoms with E-state index < -0.39 is 0 Å². The van der Waals surface area contributed by atoms with E-state index in [-0.39, 0.29) is 0 Å². The van der Waals surface area contributed by atoms with Crippen LogP contribution in [0.2, 0.25) is 0 Å². The van der Waals surface area contributed by atoms with E-state index in [1.54, 1.807) is 12.4 Å². The molecule has 0 aliphatic carbocycles. The molecule has 0 amide bonds. The zero-order valence-corrected chi connectivity index (χ0v) is 9.34. The smallest absolute Gasteiger partial charge is 0.173 e. The normalized spacial score (nSPS) is 10.9. The first-order chi connectivity index (χ1) is 7.68. The van der Waals surface area contributed by atoms with Gasteiger partial charge in [-0.1, -0.05) is 19.0 Å². The van der Waals surface area contributed by atoms with E-state index in [9.17, 15) is 0 Å². The van der Waals surface area contributed by atoms with Crippen LogP contribution in [0, 0.1) is 5.92 Å². The molecule has 0 fully saturated rings. The van der Waals surface area contributed by atoms with E-state index in [0.29, 0.717) is 17.5 Å². The summed E-state index contributed by atoms with van der Waals surface area (Å²) >= 11 is 0. The van der Waals surface area contributed by atoms with Gasteiger partial charge in [-0.05, 0) is 18.4 Å². The molecule has 0 atom stereocenters. The molecule has 0 bridgehead atoms. The van der Waals surface area contributed by atoms with Crippen molar-refractivity contribution in [1.29, 1.82) is 0 Å². The SMILES string of the molecule is CC(C)Cc1c(N)noc1-c1ccnnc1. The summed E-state index contributed by atoms with van der Waals surface area (Å²) in [5.74, 6) is 1.65. The molecule has 2 N–H and O–H groups in total. The first-order valence-corrected chi connectivity index (χ1v) is 5.19. The molecule has 2 aromatic heterocycles. The van der Waals surface area contributed by atoms with Gasteiger partial charge in [-0.2, -0.15) is 10.2 Å².